The van der Waals surface area contributed by atoms with Crippen molar-refractivity contribution < 1.29 is 4.79 Å². The van der Waals surface area contributed by atoms with Gasteiger partial charge in [0.2, 0.25) is 5.91 Å². The molecule has 1 aromatic rings. The molecule has 4 heteroatoms. The van der Waals surface area contributed by atoms with Gasteiger partial charge in [-0.25, -0.2) is 0 Å². The molecule has 100 valence electrons. The monoisotopic (exact) mass is 266 g/mol. The third kappa shape index (κ3) is 2.93. The lowest BCUT2D eigenvalue weighted by Gasteiger charge is -2.32. The molecule has 0 saturated carbocycles. The molecular weight excluding hydrogens is 244 g/mol. The highest BCUT2D eigenvalue weighted by Crippen LogP contribution is 2.24. The maximum absolute atomic E-state index is 12.0. The number of hydrogen-bond donors (Lipinski definition) is 1. The lowest BCUT2D eigenvalue weighted by molar-refractivity contribution is -0.131. The van der Waals surface area contributed by atoms with E-state index in [9.17, 15) is 4.79 Å². The molecule has 2 heterocycles. The Morgan fingerprint density at radius 2 is 2.22 bits per heavy atom. The number of carbonyl (C=O) groups is 1. The van der Waals surface area contributed by atoms with Crippen molar-refractivity contribution in [3.8, 4) is 0 Å². The minimum Gasteiger partial charge on any atom is -0.336 e. The molecule has 1 fully saturated rings. The summed E-state index contributed by atoms with van der Waals surface area (Å²) in [5.74, 6) is 0.262. The van der Waals surface area contributed by atoms with E-state index in [1.54, 1.807) is 11.3 Å². The number of likely N-dealkylation sites (tertiary alicyclic amines) is 1. The number of rotatable bonds is 3. The summed E-state index contributed by atoms with van der Waals surface area (Å²) in [6.07, 6.45) is 0.617. The van der Waals surface area contributed by atoms with Crippen molar-refractivity contribution in [3.63, 3.8) is 0 Å². The molecule has 0 aromatic carbocycles. The third-order valence-corrected chi connectivity index (χ3v) is 4.17. The second-order valence-electron chi connectivity index (χ2n) is 6.02. The van der Waals surface area contributed by atoms with E-state index in [0.29, 0.717) is 12.5 Å². The Kier molecular flexibility index (Phi) is 3.78. The molecule has 3 nitrogen and oxygen atoms in total. The van der Waals surface area contributed by atoms with E-state index in [1.807, 2.05) is 4.90 Å². The van der Waals surface area contributed by atoms with Crippen molar-refractivity contribution in [1.29, 1.82) is 0 Å². The summed E-state index contributed by atoms with van der Waals surface area (Å²) in [6, 6.07) is 2.72. The van der Waals surface area contributed by atoms with Gasteiger partial charge in [-0.15, -0.1) is 0 Å². The topological polar surface area (TPSA) is 32.3 Å². The SMILES string of the molecule is C[C@H](N[C@@H]1CC(=O)N(C(C)(C)C)C1)c1ccsc1. The highest BCUT2D eigenvalue weighted by atomic mass is 32.1. The summed E-state index contributed by atoms with van der Waals surface area (Å²) in [5, 5.41) is 7.81. The predicted molar refractivity (Wildman–Crippen MR) is 75.7 cm³/mol. The highest BCUT2D eigenvalue weighted by molar-refractivity contribution is 7.07. The van der Waals surface area contributed by atoms with Gasteiger partial charge in [0.1, 0.15) is 0 Å². The van der Waals surface area contributed by atoms with Crippen LogP contribution in [0.4, 0.5) is 0 Å². The van der Waals surface area contributed by atoms with E-state index in [-0.39, 0.29) is 17.5 Å². The fraction of sp³-hybridized carbons (Fsp3) is 0.643. The molecule has 1 saturated heterocycles. The number of nitrogens with one attached hydrogen (secondary N) is 1. The zero-order valence-corrected chi connectivity index (χ0v) is 12.4. The quantitative estimate of drug-likeness (QED) is 0.912. The van der Waals surface area contributed by atoms with Gasteiger partial charge in [0, 0.05) is 30.6 Å². The van der Waals surface area contributed by atoms with Crippen LogP contribution < -0.4 is 5.32 Å². The lowest BCUT2D eigenvalue weighted by Crippen LogP contribution is -2.44. The molecule has 2 atom stereocenters. The van der Waals surface area contributed by atoms with Crippen LogP contribution >= 0.6 is 11.3 Å². The summed E-state index contributed by atoms with van der Waals surface area (Å²) >= 11 is 1.71. The second kappa shape index (κ2) is 5.02. The number of carbonyl (C=O) groups excluding carboxylic acids is 1. The maximum Gasteiger partial charge on any atom is 0.224 e. The summed E-state index contributed by atoms with van der Waals surface area (Å²) in [6.45, 7) is 9.25. The normalized spacial score (nSPS) is 22.6. The van der Waals surface area contributed by atoms with Crippen LogP contribution in [0.15, 0.2) is 16.8 Å². The largest absolute Gasteiger partial charge is 0.336 e. The first-order chi connectivity index (χ1) is 8.38. The molecule has 0 aliphatic carbocycles. The Bertz CT molecular complexity index is 408. The van der Waals surface area contributed by atoms with Crippen molar-refractivity contribution in [3.05, 3.63) is 22.4 Å². The van der Waals surface area contributed by atoms with E-state index >= 15 is 0 Å². The van der Waals surface area contributed by atoms with Crippen LogP contribution in [0.3, 0.4) is 0 Å². The predicted octanol–water partition coefficient (Wildman–Crippen LogP) is 2.80. The Labute approximate surface area is 113 Å². The van der Waals surface area contributed by atoms with Gasteiger partial charge in [0.05, 0.1) is 0 Å². The van der Waals surface area contributed by atoms with E-state index in [1.165, 1.54) is 5.56 Å². The van der Waals surface area contributed by atoms with Gasteiger partial charge in [-0.3, -0.25) is 4.79 Å². The lowest BCUT2D eigenvalue weighted by atomic mass is 10.1. The van der Waals surface area contributed by atoms with Crippen molar-refractivity contribution in [1.82, 2.24) is 10.2 Å². The third-order valence-electron chi connectivity index (χ3n) is 3.46. The van der Waals surface area contributed by atoms with E-state index in [4.69, 9.17) is 0 Å². The van der Waals surface area contributed by atoms with Crippen LogP contribution in [0, 0.1) is 0 Å². The maximum atomic E-state index is 12.0. The fourth-order valence-electron chi connectivity index (χ4n) is 2.44. The van der Waals surface area contributed by atoms with Crippen molar-refractivity contribution in [2.24, 2.45) is 0 Å². The molecule has 0 spiro atoms. The summed E-state index contributed by atoms with van der Waals surface area (Å²) in [7, 11) is 0. The Hall–Kier alpha value is -0.870. The van der Waals surface area contributed by atoms with Crippen LogP contribution in [-0.2, 0) is 4.79 Å². The van der Waals surface area contributed by atoms with E-state index in [2.05, 4.69) is 49.8 Å². The molecule has 0 bridgehead atoms. The van der Waals surface area contributed by atoms with Gasteiger partial charge in [0.25, 0.3) is 0 Å². The van der Waals surface area contributed by atoms with Crippen LogP contribution in [0.2, 0.25) is 0 Å². The summed E-state index contributed by atoms with van der Waals surface area (Å²) < 4.78 is 0. The zero-order valence-electron chi connectivity index (χ0n) is 11.6. The minimum atomic E-state index is -0.0703. The molecule has 1 aliphatic rings. The number of nitrogens with zero attached hydrogens (tertiary/aromatic N) is 1. The van der Waals surface area contributed by atoms with E-state index < -0.39 is 0 Å². The number of amides is 1. The van der Waals surface area contributed by atoms with Crippen molar-refractivity contribution in [2.45, 2.75) is 51.7 Å². The average Bonchev–Trinajstić information content (AvgIpc) is 2.85. The molecule has 18 heavy (non-hydrogen) atoms. The molecule has 1 N–H and O–H groups in total. The first kappa shape index (κ1) is 13.6. The number of thiophene rings is 1. The number of hydrogen-bond acceptors (Lipinski definition) is 3. The van der Waals surface area contributed by atoms with Gasteiger partial charge in [-0.1, -0.05) is 0 Å². The molecular formula is C14H22N2OS. The first-order valence-electron chi connectivity index (χ1n) is 6.46. The molecule has 1 amide bonds. The van der Waals surface area contributed by atoms with Crippen molar-refractivity contribution >= 4 is 17.2 Å². The van der Waals surface area contributed by atoms with Crippen LogP contribution in [0.5, 0.6) is 0 Å². The smallest absolute Gasteiger partial charge is 0.224 e. The second-order valence-corrected chi connectivity index (χ2v) is 6.80. The molecule has 0 radical (unpaired) electrons. The average molecular weight is 266 g/mol. The molecule has 2 rings (SSSR count). The Morgan fingerprint density at radius 1 is 1.50 bits per heavy atom. The summed E-state index contributed by atoms with van der Waals surface area (Å²) in [5.41, 5.74) is 1.24. The van der Waals surface area contributed by atoms with Gasteiger partial charge in [0.15, 0.2) is 0 Å². The fourth-order valence-corrected chi connectivity index (χ4v) is 3.19. The van der Waals surface area contributed by atoms with Gasteiger partial charge >= 0.3 is 0 Å². The van der Waals surface area contributed by atoms with Crippen LogP contribution in [0.25, 0.3) is 0 Å². The minimum absolute atomic E-state index is 0.0703. The van der Waals surface area contributed by atoms with E-state index in [0.717, 1.165) is 6.54 Å². The first-order valence-corrected chi connectivity index (χ1v) is 7.41. The zero-order chi connectivity index (χ0) is 13.3. The van der Waals surface area contributed by atoms with Gasteiger partial charge in [-0.05, 0) is 50.1 Å². The molecule has 1 aromatic heterocycles. The summed E-state index contributed by atoms with van der Waals surface area (Å²) in [4.78, 5) is 14.0. The van der Waals surface area contributed by atoms with Crippen molar-refractivity contribution in [2.75, 3.05) is 6.54 Å². The Balaban J connectivity index is 1.95. The standard InChI is InChI=1S/C14H22N2OS/c1-10(11-5-6-18-9-11)15-12-7-13(17)16(8-12)14(2,3)4/h5-6,9-10,12,15H,7-8H2,1-4H3/t10-,12+/m0/s1. The van der Waals surface area contributed by atoms with Gasteiger partial charge < -0.3 is 10.2 Å². The van der Waals surface area contributed by atoms with Gasteiger partial charge in [-0.2, -0.15) is 11.3 Å². The molecule has 1 aliphatic heterocycles. The highest BCUT2D eigenvalue weighted by Gasteiger charge is 2.36. The Morgan fingerprint density at radius 3 is 2.72 bits per heavy atom. The molecule has 0 unspecified atom stereocenters. The van der Waals surface area contributed by atoms with Crippen LogP contribution in [-0.4, -0.2) is 28.9 Å². The van der Waals surface area contributed by atoms with Crippen LogP contribution in [0.1, 0.15) is 45.7 Å².